The van der Waals surface area contributed by atoms with Gasteiger partial charge in [-0.1, -0.05) is 12.1 Å². The summed E-state index contributed by atoms with van der Waals surface area (Å²) < 4.78 is 19.6. The summed E-state index contributed by atoms with van der Waals surface area (Å²) in [4.78, 5) is 13.3. The lowest BCUT2D eigenvalue weighted by atomic mass is 10.0. The Morgan fingerprint density at radius 1 is 1.06 bits per heavy atom. The first-order chi connectivity index (χ1) is 15.2. The molecule has 0 bridgehead atoms. The summed E-state index contributed by atoms with van der Waals surface area (Å²) in [6.45, 7) is 5.59. The van der Waals surface area contributed by atoms with Crippen LogP contribution in [0.15, 0.2) is 70.2 Å². The van der Waals surface area contributed by atoms with E-state index < -0.39 is 0 Å². The quantitative estimate of drug-likeness (QED) is 0.516. The molecule has 0 saturated carbocycles. The number of hydrogen-bond acceptors (Lipinski definition) is 5. The van der Waals surface area contributed by atoms with Gasteiger partial charge in [0.05, 0.1) is 35.9 Å². The first-order valence-corrected chi connectivity index (χ1v) is 10.5. The maximum absolute atomic E-state index is 13.3. The molecular weight excluding hydrogens is 392 g/mol. The molecule has 0 saturated heterocycles. The minimum atomic E-state index is -0.311. The molecule has 1 unspecified atom stereocenters. The number of rotatable bonds is 5. The molecule has 2 aromatic heterocycles. The van der Waals surface area contributed by atoms with Gasteiger partial charge in [0.1, 0.15) is 11.8 Å². The normalized spacial score (nSPS) is 15.2. The Balaban J connectivity index is 1.65. The number of aromatic nitrogens is 1. The standard InChI is InChI=1S/C25H24N2O4/c1-3-29-22-12-16-14-26-24(18-15-31-21-10-6-5-8-17(21)25(18)28)19-9-7-11-27(19)20(16)13-23(22)30-4-2/h5-13,15,24,26H,3-4,14H2,1-2H3. The van der Waals surface area contributed by atoms with Crippen molar-refractivity contribution < 1.29 is 13.9 Å². The fourth-order valence-electron chi connectivity index (χ4n) is 4.22. The molecule has 0 amide bonds. The molecule has 0 radical (unpaired) electrons. The van der Waals surface area contributed by atoms with E-state index in [2.05, 4.69) is 9.88 Å². The second-order valence-corrected chi connectivity index (χ2v) is 7.43. The third-order valence-corrected chi connectivity index (χ3v) is 5.59. The van der Waals surface area contributed by atoms with Gasteiger partial charge in [-0.2, -0.15) is 0 Å². The number of ether oxygens (including phenoxy) is 2. The Morgan fingerprint density at radius 2 is 1.84 bits per heavy atom. The van der Waals surface area contributed by atoms with Crippen LogP contribution in [0.2, 0.25) is 0 Å². The summed E-state index contributed by atoms with van der Waals surface area (Å²) in [5.41, 5.74) is 4.19. The van der Waals surface area contributed by atoms with Gasteiger partial charge >= 0.3 is 0 Å². The highest BCUT2D eigenvalue weighted by Gasteiger charge is 2.27. The summed E-state index contributed by atoms with van der Waals surface area (Å²) in [6, 6.07) is 15.1. The minimum absolute atomic E-state index is 0.0249. The molecule has 0 aliphatic carbocycles. The van der Waals surface area contributed by atoms with E-state index in [9.17, 15) is 4.79 Å². The van der Waals surface area contributed by atoms with E-state index in [0.29, 0.717) is 42.0 Å². The molecule has 5 rings (SSSR count). The summed E-state index contributed by atoms with van der Waals surface area (Å²) >= 11 is 0. The zero-order valence-corrected chi connectivity index (χ0v) is 17.6. The summed E-state index contributed by atoms with van der Waals surface area (Å²) in [7, 11) is 0. The fraction of sp³-hybridized carbons (Fsp3) is 0.240. The van der Waals surface area contributed by atoms with Gasteiger partial charge in [0.15, 0.2) is 16.9 Å². The lowest BCUT2D eigenvalue weighted by molar-refractivity contribution is 0.287. The summed E-state index contributed by atoms with van der Waals surface area (Å²) in [6.07, 6.45) is 3.58. The van der Waals surface area contributed by atoms with Gasteiger partial charge in [0, 0.05) is 24.5 Å². The first-order valence-electron chi connectivity index (χ1n) is 10.5. The van der Waals surface area contributed by atoms with Gasteiger partial charge in [-0.3, -0.25) is 4.79 Å². The van der Waals surface area contributed by atoms with E-state index in [1.165, 1.54) is 0 Å². The SMILES string of the molecule is CCOc1cc2c(cc1OCC)-n1cccc1C(c1coc3ccccc3c1=O)NC2. The predicted octanol–water partition coefficient (Wildman–Crippen LogP) is 4.57. The summed E-state index contributed by atoms with van der Waals surface area (Å²) in [5.74, 6) is 1.44. The van der Waals surface area contributed by atoms with Crippen LogP contribution in [0.3, 0.4) is 0 Å². The topological polar surface area (TPSA) is 65.6 Å². The zero-order valence-electron chi connectivity index (χ0n) is 17.6. The molecule has 1 atom stereocenters. The molecule has 158 valence electrons. The van der Waals surface area contributed by atoms with Crippen LogP contribution >= 0.6 is 0 Å². The molecule has 3 heterocycles. The first kappa shape index (κ1) is 19.5. The van der Waals surface area contributed by atoms with Gasteiger partial charge in [-0.15, -0.1) is 0 Å². The monoisotopic (exact) mass is 416 g/mol. The molecule has 1 aliphatic heterocycles. The Labute approximate surface area is 180 Å². The van der Waals surface area contributed by atoms with Gasteiger partial charge in [0.2, 0.25) is 0 Å². The molecule has 31 heavy (non-hydrogen) atoms. The number of para-hydroxylation sites is 1. The minimum Gasteiger partial charge on any atom is -0.490 e. The van der Waals surface area contributed by atoms with Crippen LogP contribution in [0.5, 0.6) is 11.5 Å². The highest BCUT2D eigenvalue weighted by molar-refractivity contribution is 5.76. The van der Waals surface area contributed by atoms with Gasteiger partial charge in [-0.05, 0) is 49.7 Å². The van der Waals surface area contributed by atoms with E-state index in [1.54, 1.807) is 12.3 Å². The lowest BCUT2D eigenvalue weighted by Gasteiger charge is -2.17. The van der Waals surface area contributed by atoms with Crippen molar-refractivity contribution in [2.24, 2.45) is 0 Å². The van der Waals surface area contributed by atoms with Crippen molar-refractivity contribution in [1.29, 1.82) is 0 Å². The zero-order chi connectivity index (χ0) is 21.4. The van der Waals surface area contributed by atoms with Crippen LogP contribution < -0.4 is 20.2 Å². The average Bonchev–Trinajstić information content (AvgIpc) is 3.21. The van der Waals surface area contributed by atoms with Gasteiger partial charge in [-0.25, -0.2) is 0 Å². The molecular formula is C25H24N2O4. The predicted molar refractivity (Wildman–Crippen MR) is 119 cm³/mol. The van der Waals surface area contributed by atoms with Crippen LogP contribution in [0, 0.1) is 0 Å². The molecule has 4 aromatic rings. The maximum Gasteiger partial charge on any atom is 0.197 e. The van der Waals surface area contributed by atoms with E-state index in [4.69, 9.17) is 13.9 Å². The molecule has 0 fully saturated rings. The number of benzene rings is 2. The van der Waals surface area contributed by atoms with E-state index in [-0.39, 0.29) is 11.5 Å². The fourth-order valence-corrected chi connectivity index (χ4v) is 4.22. The molecule has 0 spiro atoms. The van der Waals surface area contributed by atoms with Crippen LogP contribution in [0.4, 0.5) is 0 Å². The molecule has 1 aliphatic rings. The van der Waals surface area contributed by atoms with Crippen molar-refractivity contribution >= 4 is 11.0 Å². The van der Waals surface area contributed by atoms with E-state index in [0.717, 1.165) is 22.7 Å². The number of nitrogens with zero attached hydrogens (tertiary/aromatic N) is 1. The van der Waals surface area contributed by atoms with Crippen molar-refractivity contribution in [3.05, 3.63) is 88.0 Å². The van der Waals surface area contributed by atoms with Crippen molar-refractivity contribution in [2.75, 3.05) is 13.2 Å². The third-order valence-electron chi connectivity index (χ3n) is 5.59. The Bertz CT molecular complexity index is 1300. The third kappa shape index (κ3) is 3.29. The number of hydrogen-bond donors (Lipinski definition) is 1. The maximum atomic E-state index is 13.3. The van der Waals surface area contributed by atoms with Crippen LogP contribution in [0.25, 0.3) is 16.7 Å². The average molecular weight is 416 g/mol. The summed E-state index contributed by atoms with van der Waals surface area (Å²) in [5, 5.41) is 4.13. The van der Waals surface area contributed by atoms with E-state index >= 15 is 0 Å². The van der Waals surface area contributed by atoms with Gasteiger partial charge in [0.25, 0.3) is 0 Å². The Kier molecular flexibility index (Phi) is 5.00. The van der Waals surface area contributed by atoms with Crippen LogP contribution in [-0.2, 0) is 6.54 Å². The van der Waals surface area contributed by atoms with Crippen molar-refractivity contribution in [3.63, 3.8) is 0 Å². The molecule has 6 nitrogen and oxygen atoms in total. The van der Waals surface area contributed by atoms with Crippen LogP contribution in [0.1, 0.15) is 36.7 Å². The largest absolute Gasteiger partial charge is 0.490 e. The molecule has 2 aromatic carbocycles. The molecule has 6 heteroatoms. The van der Waals surface area contributed by atoms with Gasteiger partial charge < -0.3 is 23.8 Å². The smallest absolute Gasteiger partial charge is 0.197 e. The van der Waals surface area contributed by atoms with E-state index in [1.807, 2.05) is 62.5 Å². The van der Waals surface area contributed by atoms with Crippen molar-refractivity contribution in [2.45, 2.75) is 26.4 Å². The van der Waals surface area contributed by atoms with Crippen molar-refractivity contribution in [3.8, 4) is 17.2 Å². The van der Waals surface area contributed by atoms with Crippen molar-refractivity contribution in [1.82, 2.24) is 9.88 Å². The Morgan fingerprint density at radius 3 is 2.65 bits per heavy atom. The number of nitrogens with one attached hydrogen (secondary N) is 1. The second-order valence-electron chi connectivity index (χ2n) is 7.43. The lowest BCUT2D eigenvalue weighted by Crippen LogP contribution is -2.26. The Hall–Kier alpha value is -3.51. The van der Waals surface area contributed by atoms with Crippen LogP contribution in [-0.4, -0.2) is 17.8 Å². The highest BCUT2D eigenvalue weighted by Crippen LogP contribution is 2.37. The number of fused-ring (bicyclic) bond motifs is 4. The highest BCUT2D eigenvalue weighted by atomic mass is 16.5. The second kappa shape index (κ2) is 7.96. The molecule has 1 N–H and O–H groups in total.